The quantitative estimate of drug-likeness (QED) is 0.0344. The fourth-order valence-corrected chi connectivity index (χ4v) is 11.6. The van der Waals surface area contributed by atoms with E-state index in [-0.39, 0.29) is 24.2 Å². The summed E-state index contributed by atoms with van der Waals surface area (Å²) in [6.07, 6.45) is 9.87. The van der Waals surface area contributed by atoms with Gasteiger partial charge in [0.2, 0.25) is 5.96 Å². The van der Waals surface area contributed by atoms with Gasteiger partial charge in [0.1, 0.15) is 12.2 Å². The third-order valence-electron chi connectivity index (χ3n) is 9.86. The number of nitrogens with zero attached hydrogens (tertiary/aromatic N) is 1. The van der Waals surface area contributed by atoms with E-state index >= 15 is 0 Å². The Morgan fingerprint density at radius 1 is 0.741 bits per heavy atom. The Balaban J connectivity index is 1.86. The number of aliphatic imine (C=N–C) groups is 1. The van der Waals surface area contributed by atoms with E-state index in [2.05, 4.69) is 98.7 Å². The van der Waals surface area contributed by atoms with Crippen LogP contribution in [0.25, 0.3) is 0 Å². The highest BCUT2D eigenvalue weighted by Crippen LogP contribution is 2.36. The molecule has 2 amide bonds. The van der Waals surface area contributed by atoms with E-state index in [4.69, 9.17) is 18.9 Å². The molecule has 0 aliphatic heterocycles. The number of ether oxygens (including phenoxy) is 2. The van der Waals surface area contributed by atoms with Crippen LogP contribution < -0.4 is 21.0 Å². The van der Waals surface area contributed by atoms with Gasteiger partial charge in [-0.15, -0.1) is 5.92 Å². The van der Waals surface area contributed by atoms with Crippen molar-refractivity contribution < 1.29 is 28.6 Å². The summed E-state index contributed by atoms with van der Waals surface area (Å²) in [4.78, 5) is 30.9. The number of hydrogen-bond acceptors (Lipinski definition) is 7. The fourth-order valence-electron chi connectivity index (χ4n) is 7.02. The molecule has 0 unspecified atom stereocenters. The molecule has 9 nitrogen and oxygen atoms in total. The number of unbranched alkanes of at least 4 members (excludes halogenated alkanes) is 8. The molecule has 10 heteroatoms. The molecule has 3 N–H and O–H groups in total. The zero-order valence-electron chi connectivity index (χ0n) is 36.2. The second-order valence-electron chi connectivity index (χ2n) is 16.8. The molecule has 0 aliphatic carbocycles. The summed E-state index contributed by atoms with van der Waals surface area (Å²) in [5.74, 6) is 5.90. The van der Waals surface area contributed by atoms with Crippen LogP contribution in [0.3, 0.4) is 0 Å². The highest BCUT2D eigenvalue weighted by Gasteiger charge is 2.50. The molecule has 58 heavy (non-hydrogen) atoms. The molecule has 0 aromatic heterocycles. The van der Waals surface area contributed by atoms with E-state index in [0.29, 0.717) is 19.4 Å². The van der Waals surface area contributed by atoms with Crippen molar-refractivity contribution in [2.24, 2.45) is 10.9 Å². The molecule has 0 spiro atoms. The van der Waals surface area contributed by atoms with Crippen molar-refractivity contribution in [1.82, 2.24) is 10.6 Å². The summed E-state index contributed by atoms with van der Waals surface area (Å²) in [6.45, 7) is 14.4. The molecule has 3 rings (SSSR count). The number of guanidine groups is 1. The SMILES string of the molecule is CCCCCCCCCCC[C@H](N=C(NC(=O)OCc1ccccc1)NC(=O)OC(C)(C)C)[C@H](C#CCCO[Si](c1ccccc1)(c1ccccc1)C(C)(C)C)CO. The van der Waals surface area contributed by atoms with Gasteiger partial charge in [0, 0.05) is 13.0 Å². The van der Waals surface area contributed by atoms with Gasteiger partial charge in [-0.25, -0.2) is 14.6 Å². The molecule has 0 bridgehead atoms. The lowest BCUT2D eigenvalue weighted by Crippen LogP contribution is -2.66. The van der Waals surface area contributed by atoms with Crippen molar-refractivity contribution in [1.29, 1.82) is 0 Å². The zero-order chi connectivity index (χ0) is 42.3. The van der Waals surface area contributed by atoms with Crippen LogP contribution in [0.4, 0.5) is 9.59 Å². The minimum absolute atomic E-state index is 0.0367. The van der Waals surface area contributed by atoms with E-state index in [0.717, 1.165) is 24.8 Å². The maximum Gasteiger partial charge on any atom is 0.414 e. The van der Waals surface area contributed by atoms with Gasteiger partial charge in [-0.05, 0) is 48.2 Å². The van der Waals surface area contributed by atoms with Crippen LogP contribution in [-0.2, 0) is 20.5 Å². The van der Waals surface area contributed by atoms with Crippen LogP contribution in [0.1, 0.15) is 125 Å². The van der Waals surface area contributed by atoms with E-state index < -0.39 is 38.1 Å². The number of carbonyl (C=O) groups is 2. The first kappa shape index (κ1) is 47.9. The molecule has 0 saturated heterocycles. The molecule has 316 valence electrons. The molecular formula is C48H69N3O6Si. The van der Waals surface area contributed by atoms with Crippen molar-refractivity contribution in [3.63, 3.8) is 0 Å². The number of alkyl carbamates (subject to hydrolysis) is 2. The van der Waals surface area contributed by atoms with E-state index in [9.17, 15) is 14.7 Å². The smallest absolute Gasteiger partial charge is 0.414 e. The topological polar surface area (TPSA) is 118 Å². The first-order valence-corrected chi connectivity index (χ1v) is 23.1. The summed E-state index contributed by atoms with van der Waals surface area (Å²) in [5, 5.41) is 18.2. The highest BCUT2D eigenvalue weighted by molar-refractivity contribution is 6.99. The second-order valence-corrected chi connectivity index (χ2v) is 21.2. The number of rotatable bonds is 20. The first-order valence-electron chi connectivity index (χ1n) is 21.2. The first-order chi connectivity index (χ1) is 27.8. The van der Waals surface area contributed by atoms with Gasteiger partial charge in [-0.1, -0.05) is 182 Å². The largest absolute Gasteiger partial charge is 0.444 e. The van der Waals surface area contributed by atoms with Gasteiger partial charge in [0.05, 0.1) is 18.6 Å². The lowest BCUT2D eigenvalue weighted by atomic mass is 9.95. The van der Waals surface area contributed by atoms with Crippen LogP contribution in [-0.4, -0.2) is 56.4 Å². The highest BCUT2D eigenvalue weighted by atomic mass is 28.4. The third-order valence-corrected chi connectivity index (χ3v) is 14.9. The Bertz CT molecular complexity index is 1670. The van der Waals surface area contributed by atoms with Gasteiger partial charge in [0.15, 0.2) is 0 Å². The fraction of sp³-hybridized carbons (Fsp3) is 0.521. The zero-order valence-corrected chi connectivity index (χ0v) is 37.2. The average molecular weight is 812 g/mol. The lowest BCUT2D eigenvalue weighted by Gasteiger charge is -2.43. The van der Waals surface area contributed by atoms with Crippen molar-refractivity contribution in [2.75, 3.05) is 13.2 Å². The third kappa shape index (κ3) is 16.8. The van der Waals surface area contributed by atoms with E-state index in [1.165, 1.54) is 48.9 Å². The van der Waals surface area contributed by atoms with Crippen LogP contribution in [0, 0.1) is 17.8 Å². The van der Waals surface area contributed by atoms with E-state index in [1.54, 1.807) is 20.8 Å². The average Bonchev–Trinajstić information content (AvgIpc) is 3.18. The van der Waals surface area contributed by atoms with Gasteiger partial charge in [-0.2, -0.15) is 0 Å². The summed E-state index contributed by atoms with van der Waals surface area (Å²) in [6, 6.07) is 29.8. The van der Waals surface area contributed by atoms with Crippen molar-refractivity contribution >= 4 is 36.8 Å². The number of amides is 2. The van der Waals surface area contributed by atoms with E-state index in [1.807, 2.05) is 42.5 Å². The molecule has 0 aliphatic rings. The maximum absolute atomic E-state index is 13.0. The second kappa shape index (κ2) is 25.1. The molecule has 0 heterocycles. The summed E-state index contributed by atoms with van der Waals surface area (Å²) < 4.78 is 18.0. The minimum Gasteiger partial charge on any atom is -0.444 e. The maximum atomic E-state index is 13.0. The molecule has 0 fully saturated rings. The van der Waals surface area contributed by atoms with Gasteiger partial charge >= 0.3 is 12.2 Å². The van der Waals surface area contributed by atoms with Crippen LogP contribution in [0.5, 0.6) is 0 Å². The predicted molar refractivity (Wildman–Crippen MR) is 239 cm³/mol. The monoisotopic (exact) mass is 811 g/mol. The summed E-state index contributed by atoms with van der Waals surface area (Å²) in [5.41, 5.74) is 0.0308. The van der Waals surface area contributed by atoms with Crippen LogP contribution in [0.2, 0.25) is 5.04 Å². The standard InChI is InChI=1S/C48H69N3O6Si/c1-8-9-10-11-12-13-14-15-25-35-43(49-44(51-46(54)57-47(2,3)4)50-45(53)55-38-39-28-19-16-20-29-39)40(37-52)30-26-27-36-56-58(48(5,6)7,41-31-21-17-22-32-41)42-33-23-18-24-34-42/h16-24,28-29,31-34,40,43,52H,8-15,25,27,35-38H2,1-7H3,(H2,49,50,51,53,54)/t40-,43+/m1/s1. The Morgan fingerprint density at radius 3 is 1.78 bits per heavy atom. The number of benzene rings is 3. The number of hydrogen-bond donors (Lipinski definition) is 3. The molecule has 3 aromatic carbocycles. The number of aliphatic hydroxyl groups is 1. The van der Waals surface area contributed by atoms with Gasteiger partial charge in [-0.3, -0.25) is 10.6 Å². The summed E-state index contributed by atoms with van der Waals surface area (Å²) in [7, 11) is -2.74. The Labute approximate surface area is 349 Å². The van der Waals surface area contributed by atoms with Crippen LogP contribution in [0.15, 0.2) is 96.0 Å². The van der Waals surface area contributed by atoms with Crippen molar-refractivity contribution in [2.45, 2.75) is 142 Å². The Morgan fingerprint density at radius 2 is 1.26 bits per heavy atom. The number of carbonyl (C=O) groups excluding carboxylic acids is 2. The molecule has 0 radical (unpaired) electrons. The summed E-state index contributed by atoms with van der Waals surface area (Å²) >= 11 is 0. The predicted octanol–water partition coefficient (Wildman–Crippen LogP) is 9.66. The van der Waals surface area contributed by atoms with Crippen molar-refractivity contribution in [3.05, 3.63) is 96.6 Å². The minimum atomic E-state index is -2.74. The van der Waals surface area contributed by atoms with Gasteiger partial charge in [0.25, 0.3) is 8.32 Å². The molecular weight excluding hydrogens is 743 g/mol. The number of aliphatic hydroxyl groups excluding tert-OH is 1. The molecule has 0 saturated carbocycles. The lowest BCUT2D eigenvalue weighted by molar-refractivity contribution is 0.0561. The molecule has 2 atom stereocenters. The Hall–Kier alpha value is -4.43. The Kier molecular flexibility index (Phi) is 20.8. The number of nitrogens with one attached hydrogen (secondary N) is 2. The van der Waals surface area contributed by atoms with Crippen LogP contribution >= 0.6 is 0 Å². The van der Waals surface area contributed by atoms with Gasteiger partial charge < -0.3 is 19.0 Å². The normalized spacial score (nSPS) is 13.1. The van der Waals surface area contributed by atoms with Crippen molar-refractivity contribution in [3.8, 4) is 11.8 Å². The molecule has 3 aromatic rings.